The number of ether oxygens (including phenoxy) is 1. The minimum Gasteiger partial charge on any atom is -0.482 e. The van der Waals surface area contributed by atoms with Crippen LogP contribution in [-0.4, -0.2) is 34.8 Å². The third kappa shape index (κ3) is 2.14. The van der Waals surface area contributed by atoms with Gasteiger partial charge >= 0.3 is 5.97 Å². The fourth-order valence-corrected chi connectivity index (χ4v) is 1.72. The molecule has 2 rings (SSSR count). The van der Waals surface area contributed by atoms with Gasteiger partial charge in [0, 0.05) is 19.3 Å². The number of nitrogens with zero attached hydrogens (tertiary/aromatic N) is 1. The number of carboxylic acid groups (broad SMARTS) is 1. The van der Waals surface area contributed by atoms with Crippen LogP contribution >= 0.6 is 0 Å². The first kappa shape index (κ1) is 10.9. The maximum Gasteiger partial charge on any atom is 0.307 e. The molecule has 1 aliphatic rings. The normalized spacial score (nSPS) is 17.6. The Morgan fingerprint density at radius 3 is 2.94 bits per heavy atom. The van der Waals surface area contributed by atoms with Crippen LogP contribution in [0.4, 0.5) is 0 Å². The van der Waals surface area contributed by atoms with Gasteiger partial charge in [0.2, 0.25) is 0 Å². The largest absolute Gasteiger partial charge is 0.482 e. The van der Waals surface area contributed by atoms with Gasteiger partial charge in [-0.3, -0.25) is 9.78 Å². The quantitative estimate of drug-likeness (QED) is 0.780. The highest BCUT2D eigenvalue weighted by Crippen LogP contribution is 2.26. The number of nitrogens with one attached hydrogen (secondary N) is 1. The molecule has 0 spiro atoms. The minimum atomic E-state index is -0.844. The molecule has 0 bridgehead atoms. The van der Waals surface area contributed by atoms with Crippen molar-refractivity contribution in [3.63, 3.8) is 0 Å². The molecule has 0 saturated carbocycles. The Balaban J connectivity index is 2.13. The maximum absolute atomic E-state index is 10.8. The molecule has 5 nitrogen and oxygen atoms in total. The van der Waals surface area contributed by atoms with Crippen LogP contribution in [0.1, 0.15) is 12.1 Å². The van der Waals surface area contributed by atoms with Crippen LogP contribution in [0.3, 0.4) is 0 Å². The molecule has 0 atom stereocenters. The lowest BCUT2D eigenvalue weighted by atomic mass is 9.92. The van der Waals surface area contributed by atoms with E-state index < -0.39 is 11.6 Å². The molecule has 2 N–H and O–H groups in total. The van der Waals surface area contributed by atoms with Gasteiger partial charge in [0.25, 0.3) is 0 Å². The molecule has 1 aliphatic heterocycles. The van der Waals surface area contributed by atoms with Gasteiger partial charge in [0.05, 0.1) is 12.1 Å². The van der Waals surface area contributed by atoms with Crippen molar-refractivity contribution in [2.24, 2.45) is 0 Å². The van der Waals surface area contributed by atoms with Gasteiger partial charge in [0.15, 0.2) is 0 Å². The van der Waals surface area contributed by atoms with Gasteiger partial charge in [-0.15, -0.1) is 0 Å². The van der Waals surface area contributed by atoms with Gasteiger partial charge in [-0.05, 0) is 19.1 Å². The fraction of sp³-hybridized carbons (Fsp3) is 0.455. The molecular weight excluding hydrogens is 208 g/mol. The third-order valence-electron chi connectivity index (χ3n) is 2.65. The Labute approximate surface area is 93.5 Å². The second-order valence-corrected chi connectivity index (χ2v) is 4.05. The fourth-order valence-electron chi connectivity index (χ4n) is 1.72. The molecule has 0 aromatic carbocycles. The lowest BCUT2D eigenvalue weighted by molar-refractivity contribution is -0.143. The van der Waals surface area contributed by atoms with Gasteiger partial charge in [-0.2, -0.15) is 0 Å². The van der Waals surface area contributed by atoms with E-state index in [0.29, 0.717) is 18.8 Å². The summed E-state index contributed by atoms with van der Waals surface area (Å²) < 4.78 is 5.77. The van der Waals surface area contributed by atoms with E-state index in [4.69, 9.17) is 9.84 Å². The van der Waals surface area contributed by atoms with Crippen LogP contribution in [-0.2, 0) is 4.79 Å². The van der Waals surface area contributed by atoms with Crippen molar-refractivity contribution in [3.8, 4) is 5.75 Å². The van der Waals surface area contributed by atoms with Crippen molar-refractivity contribution in [1.29, 1.82) is 0 Å². The zero-order valence-electron chi connectivity index (χ0n) is 9.06. The molecule has 5 heteroatoms. The van der Waals surface area contributed by atoms with E-state index in [1.807, 2.05) is 13.0 Å². The Hall–Kier alpha value is -1.62. The number of aliphatic carboxylic acids is 1. The van der Waals surface area contributed by atoms with E-state index in [1.165, 1.54) is 0 Å². The molecular formula is C11H14N2O3. The Kier molecular flexibility index (Phi) is 2.78. The van der Waals surface area contributed by atoms with Gasteiger partial charge < -0.3 is 15.2 Å². The minimum absolute atomic E-state index is 0.00827. The SMILES string of the molecule is Cc1ncccc1OC1(CC(=O)O)CNC1. The number of rotatable bonds is 4. The number of carbonyl (C=O) groups is 1. The average Bonchev–Trinajstić information content (AvgIpc) is 2.17. The number of pyridine rings is 1. The van der Waals surface area contributed by atoms with Crippen LogP contribution in [0.15, 0.2) is 18.3 Å². The van der Waals surface area contributed by atoms with Crippen molar-refractivity contribution in [3.05, 3.63) is 24.0 Å². The summed E-state index contributed by atoms with van der Waals surface area (Å²) >= 11 is 0. The first-order valence-corrected chi connectivity index (χ1v) is 5.14. The molecule has 0 unspecified atom stereocenters. The van der Waals surface area contributed by atoms with Gasteiger partial charge in [-0.1, -0.05) is 0 Å². The third-order valence-corrected chi connectivity index (χ3v) is 2.65. The number of carboxylic acids is 1. The van der Waals surface area contributed by atoms with Crippen LogP contribution in [0.5, 0.6) is 5.75 Å². The zero-order valence-corrected chi connectivity index (χ0v) is 9.06. The maximum atomic E-state index is 10.8. The van der Waals surface area contributed by atoms with Gasteiger partial charge in [-0.25, -0.2) is 0 Å². The van der Waals surface area contributed by atoms with E-state index in [0.717, 1.165) is 5.69 Å². The Morgan fingerprint density at radius 1 is 1.69 bits per heavy atom. The number of aromatic nitrogens is 1. The molecule has 2 heterocycles. The average molecular weight is 222 g/mol. The van der Waals surface area contributed by atoms with Crippen LogP contribution in [0, 0.1) is 6.92 Å². The lowest BCUT2D eigenvalue weighted by Gasteiger charge is -2.41. The standard InChI is InChI=1S/C11H14N2O3/c1-8-9(3-2-4-13-8)16-11(5-10(14)15)6-12-7-11/h2-4,12H,5-7H2,1H3,(H,14,15). The van der Waals surface area contributed by atoms with E-state index in [1.54, 1.807) is 12.3 Å². The molecule has 0 amide bonds. The van der Waals surface area contributed by atoms with E-state index in [2.05, 4.69) is 10.3 Å². The second kappa shape index (κ2) is 4.09. The molecule has 1 fully saturated rings. The molecule has 1 saturated heterocycles. The summed E-state index contributed by atoms with van der Waals surface area (Å²) in [5.41, 5.74) is 0.166. The lowest BCUT2D eigenvalue weighted by Crippen LogP contribution is -2.64. The topological polar surface area (TPSA) is 71.5 Å². The highest BCUT2D eigenvalue weighted by molar-refractivity contribution is 5.68. The van der Waals surface area contributed by atoms with Crippen LogP contribution in [0.25, 0.3) is 0 Å². The van der Waals surface area contributed by atoms with Crippen molar-refractivity contribution in [2.75, 3.05) is 13.1 Å². The summed E-state index contributed by atoms with van der Waals surface area (Å²) in [6, 6.07) is 3.59. The predicted molar refractivity (Wildman–Crippen MR) is 57.5 cm³/mol. The smallest absolute Gasteiger partial charge is 0.307 e. The summed E-state index contributed by atoms with van der Waals surface area (Å²) in [6.45, 7) is 2.97. The summed E-state index contributed by atoms with van der Waals surface area (Å²) in [7, 11) is 0. The van der Waals surface area contributed by atoms with Crippen molar-refractivity contribution >= 4 is 5.97 Å². The highest BCUT2D eigenvalue weighted by atomic mass is 16.5. The van der Waals surface area contributed by atoms with E-state index in [-0.39, 0.29) is 6.42 Å². The summed E-state index contributed by atoms with van der Waals surface area (Å²) in [4.78, 5) is 14.9. The molecule has 1 aromatic heterocycles. The molecule has 86 valence electrons. The Bertz CT molecular complexity index is 402. The molecule has 0 aliphatic carbocycles. The zero-order chi connectivity index (χ0) is 11.6. The predicted octanol–water partition coefficient (Wildman–Crippen LogP) is 0.586. The summed E-state index contributed by atoms with van der Waals surface area (Å²) in [6.07, 6.45) is 1.69. The Morgan fingerprint density at radius 2 is 2.44 bits per heavy atom. The summed E-state index contributed by atoms with van der Waals surface area (Å²) in [5, 5.41) is 11.9. The number of hydrogen-bond acceptors (Lipinski definition) is 4. The number of hydrogen-bond donors (Lipinski definition) is 2. The number of aryl methyl sites for hydroxylation is 1. The van der Waals surface area contributed by atoms with Crippen molar-refractivity contribution in [1.82, 2.24) is 10.3 Å². The summed E-state index contributed by atoms with van der Waals surface area (Å²) in [5.74, 6) is -0.187. The van der Waals surface area contributed by atoms with Crippen LogP contribution < -0.4 is 10.1 Å². The molecule has 16 heavy (non-hydrogen) atoms. The first-order valence-electron chi connectivity index (χ1n) is 5.14. The highest BCUT2D eigenvalue weighted by Gasteiger charge is 2.41. The van der Waals surface area contributed by atoms with E-state index >= 15 is 0 Å². The van der Waals surface area contributed by atoms with Crippen molar-refractivity contribution < 1.29 is 14.6 Å². The second-order valence-electron chi connectivity index (χ2n) is 4.05. The van der Waals surface area contributed by atoms with Gasteiger partial charge in [0.1, 0.15) is 11.4 Å². The van der Waals surface area contributed by atoms with Crippen LogP contribution in [0.2, 0.25) is 0 Å². The molecule has 0 radical (unpaired) electrons. The van der Waals surface area contributed by atoms with Crippen molar-refractivity contribution in [2.45, 2.75) is 18.9 Å². The van der Waals surface area contributed by atoms with E-state index in [9.17, 15) is 4.79 Å². The monoisotopic (exact) mass is 222 g/mol. The molecule has 1 aromatic rings. The first-order chi connectivity index (χ1) is 7.61.